The van der Waals surface area contributed by atoms with Crippen molar-refractivity contribution < 1.29 is 9.90 Å². The van der Waals surface area contributed by atoms with Crippen LogP contribution < -0.4 is 0 Å². The van der Waals surface area contributed by atoms with Crippen LogP contribution >= 0.6 is 12.4 Å². The molecule has 2 rings (SSSR count). The van der Waals surface area contributed by atoms with E-state index in [0.717, 1.165) is 23.7 Å². The zero-order chi connectivity index (χ0) is 12.1. The molecule has 1 heterocycles. The summed E-state index contributed by atoms with van der Waals surface area (Å²) in [5.74, 6) is -0.938. The fourth-order valence-electron chi connectivity index (χ4n) is 1.49. The number of carboxylic acid groups (broad SMARTS) is 1. The number of hydrogen-bond donors (Lipinski definition) is 1. The van der Waals surface area contributed by atoms with Crippen molar-refractivity contribution in [1.29, 1.82) is 0 Å². The molecule has 0 atom stereocenters. The van der Waals surface area contributed by atoms with Gasteiger partial charge in [0.25, 0.3) is 0 Å². The average Bonchev–Trinajstić information content (AvgIpc) is 2.81. The Morgan fingerprint density at radius 3 is 2.53 bits per heavy atom. The van der Waals surface area contributed by atoms with Crippen LogP contribution in [0.4, 0.5) is 0 Å². The molecule has 0 spiro atoms. The van der Waals surface area contributed by atoms with E-state index in [1.165, 1.54) is 0 Å². The van der Waals surface area contributed by atoms with Crippen molar-refractivity contribution in [3.8, 4) is 0 Å². The number of aromatic nitrogens is 2. The second kappa shape index (κ2) is 8.93. The molecule has 0 fully saturated rings. The van der Waals surface area contributed by atoms with Crippen LogP contribution in [0.3, 0.4) is 0 Å². The van der Waals surface area contributed by atoms with Gasteiger partial charge < -0.3 is 9.67 Å². The summed E-state index contributed by atoms with van der Waals surface area (Å²) in [4.78, 5) is 14.3. The molecule has 19 heavy (non-hydrogen) atoms. The standard InChI is InChI=1S/C13H12N2O2.ClH.Na.H/c16-13(17)6-5-11-1-3-12(4-2-11)9-15-8-7-14-10-15;;;/h1-8,10H,9H2,(H,16,17);1H;;/b6-5+;;;. The zero-order valence-electron chi connectivity index (χ0n) is 9.56. The molecule has 0 saturated heterocycles. The number of nitrogens with zero attached hydrogens (tertiary/aromatic N) is 2. The minimum absolute atomic E-state index is 0. The van der Waals surface area contributed by atoms with E-state index in [-0.39, 0.29) is 42.0 Å². The zero-order valence-corrected chi connectivity index (χ0v) is 10.4. The van der Waals surface area contributed by atoms with Gasteiger partial charge in [-0.1, -0.05) is 24.3 Å². The second-order valence-corrected chi connectivity index (χ2v) is 3.65. The van der Waals surface area contributed by atoms with Crippen LogP contribution in [-0.4, -0.2) is 50.2 Å². The summed E-state index contributed by atoms with van der Waals surface area (Å²) in [5, 5.41) is 8.50. The monoisotopic (exact) mass is 288 g/mol. The third-order valence-electron chi connectivity index (χ3n) is 2.32. The van der Waals surface area contributed by atoms with Crippen LogP contribution in [0.15, 0.2) is 49.1 Å². The Bertz CT molecular complexity index is 524. The molecule has 0 aliphatic carbocycles. The Hall–Kier alpha value is -1.07. The van der Waals surface area contributed by atoms with E-state index in [2.05, 4.69) is 4.98 Å². The first-order chi connectivity index (χ1) is 8.24. The van der Waals surface area contributed by atoms with Crippen molar-refractivity contribution in [2.45, 2.75) is 6.54 Å². The summed E-state index contributed by atoms with van der Waals surface area (Å²) in [6.07, 6.45) is 8.11. The van der Waals surface area contributed by atoms with E-state index in [4.69, 9.17) is 5.11 Å². The fourth-order valence-corrected chi connectivity index (χ4v) is 1.49. The van der Waals surface area contributed by atoms with E-state index < -0.39 is 5.97 Å². The molecule has 2 aromatic rings. The quantitative estimate of drug-likeness (QED) is 0.689. The number of carbonyl (C=O) groups is 1. The van der Waals surface area contributed by atoms with E-state index in [9.17, 15) is 4.79 Å². The van der Waals surface area contributed by atoms with Gasteiger partial charge in [0, 0.05) is 25.0 Å². The van der Waals surface area contributed by atoms with Crippen LogP contribution in [0.5, 0.6) is 0 Å². The van der Waals surface area contributed by atoms with Crippen molar-refractivity contribution in [1.82, 2.24) is 9.55 Å². The Labute approximate surface area is 139 Å². The van der Waals surface area contributed by atoms with Crippen LogP contribution in [0.25, 0.3) is 6.08 Å². The van der Waals surface area contributed by atoms with E-state index >= 15 is 0 Å². The molecule has 0 radical (unpaired) electrons. The maximum absolute atomic E-state index is 10.4. The predicted octanol–water partition coefficient (Wildman–Crippen LogP) is 1.80. The molecule has 1 N–H and O–H groups in total. The van der Waals surface area contributed by atoms with E-state index in [1.807, 2.05) is 35.0 Å². The molecule has 1 aromatic carbocycles. The number of benzene rings is 1. The molecular weight excluding hydrogens is 275 g/mol. The first-order valence-electron chi connectivity index (χ1n) is 5.20. The van der Waals surface area contributed by atoms with Crippen molar-refractivity contribution in [3.63, 3.8) is 0 Å². The molecule has 1 aromatic heterocycles. The summed E-state index contributed by atoms with van der Waals surface area (Å²) < 4.78 is 1.97. The van der Waals surface area contributed by atoms with Crippen molar-refractivity contribution in [2.24, 2.45) is 0 Å². The number of halogens is 1. The Balaban J connectivity index is 0.00000162. The summed E-state index contributed by atoms with van der Waals surface area (Å²) in [6.45, 7) is 0.767. The first-order valence-corrected chi connectivity index (χ1v) is 5.20. The van der Waals surface area contributed by atoms with Crippen LogP contribution in [0.2, 0.25) is 0 Å². The summed E-state index contributed by atoms with van der Waals surface area (Å²) in [5.41, 5.74) is 2.03. The van der Waals surface area contributed by atoms with Crippen LogP contribution in [0.1, 0.15) is 11.1 Å². The summed E-state index contributed by atoms with van der Waals surface area (Å²) >= 11 is 0. The van der Waals surface area contributed by atoms with Gasteiger partial charge in [-0.3, -0.25) is 0 Å². The Morgan fingerprint density at radius 1 is 1.32 bits per heavy atom. The van der Waals surface area contributed by atoms with Gasteiger partial charge in [-0.2, -0.15) is 0 Å². The Morgan fingerprint density at radius 2 is 2.00 bits per heavy atom. The number of carboxylic acids is 1. The molecular formula is C13H14ClN2NaO2. The first kappa shape index (κ1) is 17.9. The summed E-state index contributed by atoms with van der Waals surface area (Å²) in [6, 6.07) is 7.74. The number of imidazole rings is 1. The predicted molar refractivity (Wildman–Crippen MR) is 78.8 cm³/mol. The molecule has 4 nitrogen and oxygen atoms in total. The summed E-state index contributed by atoms with van der Waals surface area (Å²) in [7, 11) is 0. The molecule has 0 aliphatic rings. The normalized spacial score (nSPS) is 9.68. The van der Waals surface area contributed by atoms with Gasteiger partial charge in [0.2, 0.25) is 0 Å². The van der Waals surface area contributed by atoms with Crippen molar-refractivity contribution in [2.75, 3.05) is 0 Å². The SMILES string of the molecule is Cl.O=C(O)/C=C/c1ccc(Cn2ccnc2)cc1.[NaH]. The Kier molecular flexibility index (Phi) is 8.43. The van der Waals surface area contributed by atoms with Gasteiger partial charge in [0.15, 0.2) is 0 Å². The number of rotatable bonds is 4. The van der Waals surface area contributed by atoms with Crippen molar-refractivity contribution >= 4 is 54.0 Å². The maximum atomic E-state index is 10.4. The topological polar surface area (TPSA) is 55.1 Å². The van der Waals surface area contributed by atoms with E-state index in [0.29, 0.717) is 0 Å². The number of hydrogen-bond acceptors (Lipinski definition) is 2. The van der Waals surface area contributed by atoms with Gasteiger partial charge in [-0.25, -0.2) is 9.78 Å². The van der Waals surface area contributed by atoms with E-state index in [1.54, 1.807) is 18.6 Å². The molecule has 0 aliphatic heterocycles. The van der Waals surface area contributed by atoms with Gasteiger partial charge in [-0.05, 0) is 17.2 Å². The molecule has 0 bridgehead atoms. The minimum atomic E-state index is -0.938. The van der Waals surface area contributed by atoms with Gasteiger partial charge in [0.05, 0.1) is 6.33 Å². The molecule has 96 valence electrons. The molecule has 0 saturated carbocycles. The van der Waals surface area contributed by atoms with Gasteiger partial charge in [0.1, 0.15) is 0 Å². The molecule has 0 amide bonds. The second-order valence-electron chi connectivity index (χ2n) is 3.65. The van der Waals surface area contributed by atoms with Crippen LogP contribution in [-0.2, 0) is 11.3 Å². The third kappa shape index (κ3) is 6.07. The average molecular weight is 289 g/mol. The van der Waals surface area contributed by atoms with Gasteiger partial charge >= 0.3 is 35.5 Å². The molecule has 0 unspecified atom stereocenters. The van der Waals surface area contributed by atoms with Gasteiger partial charge in [-0.15, -0.1) is 12.4 Å². The number of aliphatic carboxylic acids is 1. The molecule has 6 heteroatoms. The fraction of sp³-hybridized carbons (Fsp3) is 0.0769. The third-order valence-corrected chi connectivity index (χ3v) is 2.32. The van der Waals surface area contributed by atoms with Crippen LogP contribution in [0, 0.1) is 0 Å². The van der Waals surface area contributed by atoms with Crippen molar-refractivity contribution in [3.05, 3.63) is 60.2 Å².